The van der Waals surface area contributed by atoms with Crippen LogP contribution in [0, 0.1) is 0 Å². The molecule has 432 valence electrons. The Bertz CT molecular complexity index is 1140. The van der Waals surface area contributed by atoms with Gasteiger partial charge in [-0.05, 0) is 77.0 Å². The Balaban J connectivity index is 3.41. The van der Waals surface area contributed by atoms with Crippen molar-refractivity contribution in [3.63, 3.8) is 0 Å². The second-order valence-corrected chi connectivity index (χ2v) is 22.8. The fraction of sp³-hybridized carbons (Fsp3) is 0.910. The first-order chi connectivity index (χ1) is 36.0. The van der Waals surface area contributed by atoms with Crippen LogP contribution in [0.25, 0.3) is 0 Å². The number of ether oxygens (including phenoxy) is 1. The molecule has 0 aliphatic heterocycles. The highest BCUT2D eigenvalue weighted by molar-refractivity contribution is 5.76. The summed E-state index contributed by atoms with van der Waals surface area (Å²) in [5, 5.41) is 23.4. The number of esters is 1. The maximum absolute atomic E-state index is 12.5. The Kier molecular flexibility index (Phi) is 61.4. The van der Waals surface area contributed by atoms with Crippen molar-refractivity contribution in [3.05, 3.63) is 24.3 Å². The fourth-order valence-corrected chi connectivity index (χ4v) is 10.4. The summed E-state index contributed by atoms with van der Waals surface area (Å²) in [4.78, 5) is 24.6. The van der Waals surface area contributed by atoms with Crippen LogP contribution >= 0.6 is 0 Å². The lowest BCUT2D eigenvalue weighted by atomic mass is 10.0. The molecule has 1 amide bonds. The molecule has 0 aromatic rings. The minimum atomic E-state index is -0.669. The molecular formula is C67H129NO5. The van der Waals surface area contributed by atoms with Crippen molar-refractivity contribution in [1.82, 2.24) is 5.32 Å². The number of hydrogen-bond donors (Lipinski definition) is 3. The van der Waals surface area contributed by atoms with Crippen LogP contribution in [0.1, 0.15) is 367 Å². The van der Waals surface area contributed by atoms with Gasteiger partial charge in [0.25, 0.3) is 0 Å². The van der Waals surface area contributed by atoms with Gasteiger partial charge in [-0.15, -0.1) is 0 Å². The Labute approximate surface area is 456 Å². The summed E-state index contributed by atoms with van der Waals surface area (Å²) in [5.41, 5.74) is 0. The molecule has 0 saturated carbocycles. The number of rotatable bonds is 62. The van der Waals surface area contributed by atoms with E-state index in [0.29, 0.717) is 25.9 Å². The molecule has 0 bridgehead atoms. The number of aliphatic hydroxyl groups is 2. The standard InChI is InChI=1S/C67H129NO5/c1-3-5-7-9-11-13-15-17-19-20-26-29-32-35-39-43-47-51-55-59-65(70)64(63-69)68-66(71)60-56-52-48-44-40-36-33-30-27-24-22-21-23-25-28-31-34-38-42-46-50-54-58-62-73-67(72)61-57-53-49-45-41-37-18-16-14-12-10-8-6-4-2/h16,18,24,27,64-65,69-70H,3-15,17,19-23,25-26,28-63H2,1-2H3,(H,68,71)/b18-16-,27-24-. The molecule has 6 heteroatoms. The predicted octanol–water partition coefficient (Wildman–Crippen LogP) is 21.0. The zero-order valence-corrected chi connectivity index (χ0v) is 49.4. The molecule has 0 aromatic heterocycles. The molecule has 0 radical (unpaired) electrons. The van der Waals surface area contributed by atoms with Crippen molar-refractivity contribution >= 4 is 11.9 Å². The minimum Gasteiger partial charge on any atom is -0.466 e. The highest BCUT2D eigenvalue weighted by Crippen LogP contribution is 2.18. The average molecular weight is 1030 g/mol. The number of unbranched alkanes of at least 4 members (excludes halogenated alkanes) is 47. The third-order valence-corrected chi connectivity index (χ3v) is 15.5. The molecule has 0 aromatic carbocycles. The zero-order chi connectivity index (χ0) is 52.9. The number of aliphatic hydroxyl groups excluding tert-OH is 2. The van der Waals surface area contributed by atoms with E-state index >= 15 is 0 Å². The highest BCUT2D eigenvalue weighted by Gasteiger charge is 2.20. The van der Waals surface area contributed by atoms with Gasteiger partial charge in [0.05, 0.1) is 25.4 Å². The van der Waals surface area contributed by atoms with E-state index in [1.165, 1.54) is 289 Å². The van der Waals surface area contributed by atoms with Gasteiger partial charge in [-0.25, -0.2) is 0 Å². The van der Waals surface area contributed by atoms with Crippen LogP contribution in [0.15, 0.2) is 24.3 Å². The molecule has 3 N–H and O–H groups in total. The Morgan fingerprint density at radius 2 is 0.644 bits per heavy atom. The van der Waals surface area contributed by atoms with Gasteiger partial charge < -0.3 is 20.3 Å². The number of allylic oxidation sites excluding steroid dienone is 4. The molecule has 0 fully saturated rings. The third kappa shape index (κ3) is 59.4. The van der Waals surface area contributed by atoms with Gasteiger partial charge in [0, 0.05) is 12.8 Å². The summed E-state index contributed by atoms with van der Waals surface area (Å²) in [6.45, 7) is 4.97. The van der Waals surface area contributed by atoms with E-state index in [4.69, 9.17) is 4.74 Å². The van der Waals surface area contributed by atoms with Gasteiger partial charge in [0.15, 0.2) is 0 Å². The van der Waals surface area contributed by atoms with Gasteiger partial charge in [0.1, 0.15) is 0 Å². The van der Waals surface area contributed by atoms with E-state index in [9.17, 15) is 19.8 Å². The molecule has 0 saturated heterocycles. The Morgan fingerprint density at radius 1 is 0.370 bits per heavy atom. The van der Waals surface area contributed by atoms with Gasteiger partial charge >= 0.3 is 5.97 Å². The second-order valence-electron chi connectivity index (χ2n) is 22.8. The maximum atomic E-state index is 12.5. The lowest BCUT2D eigenvalue weighted by Crippen LogP contribution is -2.45. The van der Waals surface area contributed by atoms with Crippen LogP contribution in [0.2, 0.25) is 0 Å². The maximum Gasteiger partial charge on any atom is 0.305 e. The van der Waals surface area contributed by atoms with E-state index < -0.39 is 12.1 Å². The molecule has 2 atom stereocenters. The third-order valence-electron chi connectivity index (χ3n) is 15.5. The number of amides is 1. The summed E-state index contributed by atoms with van der Waals surface area (Å²) in [6.07, 6.45) is 77.7. The van der Waals surface area contributed by atoms with E-state index in [1.807, 2.05) is 0 Å². The molecule has 0 spiro atoms. The van der Waals surface area contributed by atoms with Gasteiger partial charge in [-0.2, -0.15) is 0 Å². The summed E-state index contributed by atoms with van der Waals surface area (Å²) in [7, 11) is 0. The van der Waals surface area contributed by atoms with Crippen molar-refractivity contribution in [3.8, 4) is 0 Å². The van der Waals surface area contributed by atoms with Gasteiger partial charge in [-0.3, -0.25) is 9.59 Å². The number of hydrogen-bond acceptors (Lipinski definition) is 5. The zero-order valence-electron chi connectivity index (χ0n) is 49.4. The second kappa shape index (κ2) is 62.9. The van der Waals surface area contributed by atoms with Crippen molar-refractivity contribution in [2.45, 2.75) is 379 Å². The lowest BCUT2D eigenvalue weighted by Gasteiger charge is -2.22. The molecule has 6 nitrogen and oxygen atoms in total. The molecule has 0 aliphatic rings. The Morgan fingerprint density at radius 3 is 0.973 bits per heavy atom. The largest absolute Gasteiger partial charge is 0.466 e. The molecule has 0 aliphatic carbocycles. The Hall–Kier alpha value is -1.66. The monoisotopic (exact) mass is 1030 g/mol. The first-order valence-corrected chi connectivity index (χ1v) is 33.1. The number of nitrogens with one attached hydrogen (secondary N) is 1. The predicted molar refractivity (Wildman–Crippen MR) is 320 cm³/mol. The quantitative estimate of drug-likeness (QED) is 0.0320. The molecule has 0 rings (SSSR count). The normalized spacial score (nSPS) is 12.7. The van der Waals surface area contributed by atoms with Crippen molar-refractivity contribution in [2.75, 3.05) is 13.2 Å². The van der Waals surface area contributed by atoms with Crippen molar-refractivity contribution < 1.29 is 24.5 Å². The smallest absolute Gasteiger partial charge is 0.305 e. The van der Waals surface area contributed by atoms with Crippen LogP contribution in [0.3, 0.4) is 0 Å². The van der Waals surface area contributed by atoms with Crippen LogP contribution in [0.4, 0.5) is 0 Å². The van der Waals surface area contributed by atoms with Crippen LogP contribution < -0.4 is 5.32 Å². The van der Waals surface area contributed by atoms with E-state index in [0.717, 1.165) is 44.9 Å². The molecular weight excluding hydrogens is 899 g/mol. The summed E-state index contributed by atoms with van der Waals surface area (Å²) in [6, 6.07) is -0.547. The fourth-order valence-electron chi connectivity index (χ4n) is 10.4. The van der Waals surface area contributed by atoms with Crippen LogP contribution in [0.5, 0.6) is 0 Å². The SMILES string of the molecule is CCCCCCC/C=C\CCCCCCCC(=O)OCCCCCCCCCCCCCC/C=C\CCCCCCCCCC(=O)NC(CO)C(O)CCCCCCCCCCCCCCCCCCCCC. The lowest BCUT2D eigenvalue weighted by molar-refractivity contribution is -0.143. The molecule has 0 heterocycles. The van der Waals surface area contributed by atoms with Crippen molar-refractivity contribution in [2.24, 2.45) is 0 Å². The summed E-state index contributed by atoms with van der Waals surface area (Å²) in [5.74, 6) is -0.0344. The highest BCUT2D eigenvalue weighted by atomic mass is 16.5. The van der Waals surface area contributed by atoms with E-state index in [-0.39, 0.29) is 18.5 Å². The summed E-state index contributed by atoms with van der Waals surface area (Å²) < 4.78 is 5.48. The molecule has 2 unspecified atom stereocenters. The first kappa shape index (κ1) is 71.3. The molecule has 73 heavy (non-hydrogen) atoms. The van der Waals surface area contributed by atoms with Gasteiger partial charge in [0.2, 0.25) is 5.91 Å². The first-order valence-electron chi connectivity index (χ1n) is 33.1. The van der Waals surface area contributed by atoms with Gasteiger partial charge in [-0.1, -0.05) is 301 Å². The van der Waals surface area contributed by atoms with E-state index in [2.05, 4.69) is 43.5 Å². The van der Waals surface area contributed by atoms with Crippen molar-refractivity contribution in [1.29, 1.82) is 0 Å². The summed E-state index contributed by atoms with van der Waals surface area (Å²) >= 11 is 0. The van der Waals surface area contributed by atoms with Crippen LogP contribution in [-0.4, -0.2) is 47.4 Å². The number of carbonyl (C=O) groups excluding carboxylic acids is 2. The van der Waals surface area contributed by atoms with E-state index in [1.54, 1.807) is 0 Å². The topological polar surface area (TPSA) is 95.9 Å². The van der Waals surface area contributed by atoms with Crippen LogP contribution in [-0.2, 0) is 14.3 Å². The number of carbonyl (C=O) groups is 2. The average Bonchev–Trinajstić information content (AvgIpc) is 3.39. The minimum absolute atomic E-state index is 0.00358.